The second kappa shape index (κ2) is 7.96. The molecule has 1 fully saturated rings. The highest BCUT2D eigenvalue weighted by Crippen LogP contribution is 2.23. The number of hydrogen-bond acceptors (Lipinski definition) is 4. The van der Waals surface area contributed by atoms with E-state index in [9.17, 15) is 13.2 Å². The zero-order valence-corrected chi connectivity index (χ0v) is 17.2. The van der Waals surface area contributed by atoms with Crippen molar-refractivity contribution in [3.63, 3.8) is 0 Å². The van der Waals surface area contributed by atoms with Crippen molar-refractivity contribution in [1.29, 1.82) is 0 Å². The Hall–Kier alpha value is -1.60. The third kappa shape index (κ3) is 5.71. The predicted molar refractivity (Wildman–Crippen MR) is 106 cm³/mol. The number of piperidine rings is 1. The van der Waals surface area contributed by atoms with Gasteiger partial charge in [-0.2, -0.15) is 0 Å². The first-order valence-electron chi connectivity index (χ1n) is 9.09. The number of nitrogens with zero attached hydrogens (tertiary/aromatic N) is 1. The number of benzene rings is 1. The molecule has 1 aromatic rings. The lowest BCUT2D eigenvalue weighted by atomic mass is 9.93. The van der Waals surface area contributed by atoms with Crippen LogP contribution in [0.2, 0.25) is 0 Å². The molecule has 26 heavy (non-hydrogen) atoms. The molecule has 1 aromatic carbocycles. The van der Waals surface area contributed by atoms with Gasteiger partial charge in [0, 0.05) is 24.2 Å². The van der Waals surface area contributed by atoms with Crippen LogP contribution in [0.3, 0.4) is 0 Å². The van der Waals surface area contributed by atoms with Gasteiger partial charge < -0.3 is 5.32 Å². The molecule has 1 aliphatic heterocycles. The van der Waals surface area contributed by atoms with E-state index in [1.165, 1.54) is 12.8 Å². The fraction of sp³-hybridized carbons (Fsp3) is 0.632. The summed E-state index contributed by atoms with van der Waals surface area (Å²) in [7, 11) is -3.39. The van der Waals surface area contributed by atoms with Crippen molar-refractivity contribution < 1.29 is 13.2 Å². The summed E-state index contributed by atoms with van der Waals surface area (Å²) in [5.41, 5.74) is 1.53. The highest BCUT2D eigenvalue weighted by Gasteiger charge is 2.30. The second-order valence-electron chi connectivity index (χ2n) is 8.09. The fourth-order valence-electron chi connectivity index (χ4n) is 3.32. The largest absolute Gasteiger partial charge is 0.350 e. The van der Waals surface area contributed by atoms with Gasteiger partial charge in [-0.1, -0.05) is 13.0 Å². The van der Waals surface area contributed by atoms with Gasteiger partial charge in [-0.3, -0.25) is 14.4 Å². The molecule has 1 saturated heterocycles. The van der Waals surface area contributed by atoms with E-state index in [1.807, 2.05) is 0 Å². The normalized spacial score (nSPS) is 19.2. The van der Waals surface area contributed by atoms with Gasteiger partial charge in [-0.05, 0) is 63.8 Å². The Morgan fingerprint density at radius 2 is 2.04 bits per heavy atom. The molecule has 0 bridgehead atoms. The van der Waals surface area contributed by atoms with Gasteiger partial charge in [-0.25, -0.2) is 8.42 Å². The van der Waals surface area contributed by atoms with Crippen molar-refractivity contribution >= 4 is 21.6 Å². The summed E-state index contributed by atoms with van der Waals surface area (Å²) in [6.45, 7) is 11.0. The molecule has 146 valence electrons. The minimum Gasteiger partial charge on any atom is -0.350 e. The van der Waals surface area contributed by atoms with E-state index < -0.39 is 10.0 Å². The number of likely N-dealkylation sites (tertiary alicyclic amines) is 1. The lowest BCUT2D eigenvalue weighted by molar-refractivity contribution is 0.0657. The standard InChI is InChI=1S/C19H31N3O3S/c1-14-7-6-10-22(12-14)19(3,4)13-20-18(23)16-9-8-15(2)17(11-16)21-26(5,24)25/h8-9,11,14,21H,6-7,10,12-13H2,1-5H3,(H,20,23). The monoisotopic (exact) mass is 381 g/mol. The van der Waals surface area contributed by atoms with E-state index in [1.54, 1.807) is 25.1 Å². The topological polar surface area (TPSA) is 78.5 Å². The van der Waals surface area contributed by atoms with Crippen molar-refractivity contribution in [2.45, 2.75) is 46.1 Å². The van der Waals surface area contributed by atoms with E-state index in [4.69, 9.17) is 0 Å². The maximum atomic E-state index is 12.6. The Balaban J connectivity index is 2.04. The number of carbonyl (C=O) groups excluding carboxylic acids is 1. The molecule has 6 nitrogen and oxygen atoms in total. The van der Waals surface area contributed by atoms with Crippen LogP contribution in [-0.4, -0.2) is 50.7 Å². The first-order valence-corrected chi connectivity index (χ1v) is 11.0. The van der Waals surface area contributed by atoms with Crippen molar-refractivity contribution in [3.05, 3.63) is 29.3 Å². The van der Waals surface area contributed by atoms with Crippen LogP contribution < -0.4 is 10.0 Å². The van der Waals surface area contributed by atoms with Crippen LogP contribution >= 0.6 is 0 Å². The summed E-state index contributed by atoms with van der Waals surface area (Å²) < 4.78 is 25.4. The lowest BCUT2D eigenvalue weighted by Crippen LogP contribution is -2.54. The van der Waals surface area contributed by atoms with Crippen LogP contribution in [0.4, 0.5) is 5.69 Å². The fourth-order valence-corrected chi connectivity index (χ4v) is 3.94. The van der Waals surface area contributed by atoms with Crippen LogP contribution in [0.1, 0.15) is 49.5 Å². The van der Waals surface area contributed by atoms with Crippen molar-refractivity contribution in [2.24, 2.45) is 5.92 Å². The molecule has 7 heteroatoms. The molecule has 0 aromatic heterocycles. The van der Waals surface area contributed by atoms with E-state index in [2.05, 4.69) is 35.7 Å². The molecular weight excluding hydrogens is 350 g/mol. The molecule has 0 radical (unpaired) electrons. The maximum Gasteiger partial charge on any atom is 0.251 e. The molecule has 1 amide bonds. The number of hydrogen-bond donors (Lipinski definition) is 2. The highest BCUT2D eigenvalue weighted by atomic mass is 32.2. The number of sulfonamides is 1. The van der Waals surface area contributed by atoms with Gasteiger partial charge in [0.05, 0.1) is 11.9 Å². The summed E-state index contributed by atoms with van der Waals surface area (Å²) in [5.74, 6) is 0.486. The van der Waals surface area contributed by atoms with E-state index in [0.29, 0.717) is 23.7 Å². The Labute approximate surface area is 157 Å². The molecule has 1 aliphatic rings. The minimum atomic E-state index is -3.39. The van der Waals surface area contributed by atoms with E-state index in [-0.39, 0.29) is 11.4 Å². The van der Waals surface area contributed by atoms with Crippen LogP contribution in [0.15, 0.2) is 18.2 Å². The van der Waals surface area contributed by atoms with Gasteiger partial charge in [-0.15, -0.1) is 0 Å². The predicted octanol–water partition coefficient (Wildman–Crippen LogP) is 2.61. The van der Waals surface area contributed by atoms with E-state index in [0.717, 1.165) is 24.9 Å². The molecule has 1 heterocycles. The summed E-state index contributed by atoms with van der Waals surface area (Å²) in [5, 5.41) is 3.00. The third-order valence-electron chi connectivity index (χ3n) is 4.99. The third-order valence-corrected chi connectivity index (χ3v) is 5.58. The molecule has 2 N–H and O–H groups in total. The van der Waals surface area contributed by atoms with Gasteiger partial charge in [0.1, 0.15) is 0 Å². The van der Waals surface area contributed by atoms with Gasteiger partial charge in [0.25, 0.3) is 5.91 Å². The molecule has 0 aliphatic carbocycles. The van der Waals surface area contributed by atoms with Crippen LogP contribution in [0.25, 0.3) is 0 Å². The lowest BCUT2D eigenvalue weighted by Gasteiger charge is -2.43. The number of aryl methyl sites for hydroxylation is 1. The summed E-state index contributed by atoms with van der Waals surface area (Å²) in [6.07, 6.45) is 3.55. The number of nitrogens with one attached hydrogen (secondary N) is 2. The molecule has 2 rings (SSSR count). The smallest absolute Gasteiger partial charge is 0.251 e. The summed E-state index contributed by atoms with van der Waals surface area (Å²) >= 11 is 0. The Morgan fingerprint density at radius 1 is 1.35 bits per heavy atom. The molecule has 0 saturated carbocycles. The average Bonchev–Trinajstić information content (AvgIpc) is 2.53. The molecular formula is C19H31N3O3S. The average molecular weight is 382 g/mol. The minimum absolute atomic E-state index is 0.122. The first-order chi connectivity index (χ1) is 12.0. The van der Waals surface area contributed by atoms with Crippen molar-refractivity contribution in [2.75, 3.05) is 30.6 Å². The summed E-state index contributed by atoms with van der Waals surface area (Å²) in [4.78, 5) is 15.0. The van der Waals surface area contributed by atoms with Crippen molar-refractivity contribution in [3.8, 4) is 0 Å². The SMILES string of the molecule is Cc1ccc(C(=O)NCC(C)(C)N2CCCC(C)C2)cc1NS(C)(=O)=O. The van der Waals surface area contributed by atoms with Crippen LogP contribution in [0.5, 0.6) is 0 Å². The van der Waals surface area contributed by atoms with Gasteiger partial charge in [0.15, 0.2) is 0 Å². The maximum absolute atomic E-state index is 12.6. The van der Waals surface area contributed by atoms with Gasteiger partial charge in [0.2, 0.25) is 10.0 Å². The van der Waals surface area contributed by atoms with Crippen LogP contribution in [-0.2, 0) is 10.0 Å². The number of amides is 1. The summed E-state index contributed by atoms with van der Waals surface area (Å²) in [6, 6.07) is 5.05. The number of anilines is 1. The quantitative estimate of drug-likeness (QED) is 0.794. The first kappa shape index (κ1) is 20.7. The number of rotatable bonds is 6. The second-order valence-corrected chi connectivity index (χ2v) is 9.84. The molecule has 1 atom stereocenters. The van der Waals surface area contributed by atoms with Gasteiger partial charge >= 0.3 is 0 Å². The van der Waals surface area contributed by atoms with Crippen molar-refractivity contribution in [1.82, 2.24) is 10.2 Å². The Bertz CT molecular complexity index is 759. The molecule has 0 spiro atoms. The molecule has 1 unspecified atom stereocenters. The Morgan fingerprint density at radius 3 is 2.65 bits per heavy atom. The van der Waals surface area contributed by atoms with Crippen LogP contribution in [0, 0.1) is 12.8 Å². The highest BCUT2D eigenvalue weighted by molar-refractivity contribution is 7.92. The van der Waals surface area contributed by atoms with E-state index >= 15 is 0 Å². The zero-order chi connectivity index (χ0) is 19.5. The number of carbonyl (C=O) groups is 1. The zero-order valence-electron chi connectivity index (χ0n) is 16.4. The Kier molecular flexibility index (Phi) is 6.34.